The van der Waals surface area contributed by atoms with Crippen molar-refractivity contribution in [3.8, 4) is 0 Å². The second-order valence-corrected chi connectivity index (χ2v) is 5.43. The van der Waals surface area contributed by atoms with Crippen molar-refractivity contribution in [3.63, 3.8) is 0 Å². The van der Waals surface area contributed by atoms with Gasteiger partial charge in [-0.2, -0.15) is 0 Å². The third-order valence-electron chi connectivity index (χ3n) is 3.67. The molecule has 0 saturated carbocycles. The molecule has 2 atom stereocenters. The third-order valence-corrected chi connectivity index (χ3v) is 3.67. The molecule has 0 saturated heterocycles. The minimum absolute atomic E-state index is 0.0658. The molecule has 20 heavy (non-hydrogen) atoms. The maximum absolute atomic E-state index is 12.1. The van der Waals surface area contributed by atoms with Crippen LogP contribution in [0.25, 0.3) is 0 Å². The molecule has 4 heteroatoms. The zero-order valence-corrected chi connectivity index (χ0v) is 12.8. The molecule has 1 rings (SSSR count). The highest BCUT2D eigenvalue weighted by molar-refractivity contribution is 5.86. The normalized spacial score (nSPS) is 15.8. The number of likely N-dealkylation sites (N-methyl/N-ethyl adjacent to an activating group) is 1. The van der Waals surface area contributed by atoms with Gasteiger partial charge < -0.3 is 10.5 Å². The number of primary amides is 1. The molecule has 0 aliphatic rings. The van der Waals surface area contributed by atoms with E-state index in [4.69, 9.17) is 10.5 Å². The molecule has 0 spiro atoms. The van der Waals surface area contributed by atoms with Gasteiger partial charge in [0.25, 0.3) is 0 Å². The molecule has 2 unspecified atom stereocenters. The Bertz CT molecular complexity index is 420. The van der Waals surface area contributed by atoms with Crippen LogP contribution >= 0.6 is 0 Å². The first kappa shape index (κ1) is 16.7. The average Bonchev–Trinajstić information content (AvgIpc) is 2.43. The van der Waals surface area contributed by atoms with Gasteiger partial charge in [0.1, 0.15) is 5.54 Å². The number of carbonyl (C=O) groups is 1. The van der Waals surface area contributed by atoms with E-state index >= 15 is 0 Å². The van der Waals surface area contributed by atoms with Crippen LogP contribution in [0.1, 0.15) is 33.3 Å². The maximum Gasteiger partial charge on any atom is 0.244 e. The third kappa shape index (κ3) is 3.81. The van der Waals surface area contributed by atoms with E-state index in [0.717, 1.165) is 5.56 Å². The predicted molar refractivity (Wildman–Crippen MR) is 81.2 cm³/mol. The Morgan fingerprint density at radius 2 is 1.90 bits per heavy atom. The molecule has 0 aliphatic carbocycles. The van der Waals surface area contributed by atoms with Gasteiger partial charge in [0.2, 0.25) is 5.91 Å². The quantitative estimate of drug-likeness (QED) is 0.765. The summed E-state index contributed by atoms with van der Waals surface area (Å²) in [5.41, 5.74) is 5.54. The second kappa shape index (κ2) is 7.41. The van der Waals surface area contributed by atoms with Gasteiger partial charge in [-0.1, -0.05) is 51.1 Å². The fourth-order valence-electron chi connectivity index (χ4n) is 2.01. The number of nitrogens with two attached hydrogens (primary N) is 1. The molecule has 0 aliphatic heterocycles. The Morgan fingerprint density at radius 1 is 1.30 bits per heavy atom. The summed E-state index contributed by atoms with van der Waals surface area (Å²) >= 11 is 0. The predicted octanol–water partition coefficient (Wildman–Crippen LogP) is 2.04. The summed E-state index contributed by atoms with van der Waals surface area (Å²) in [5.74, 6) is -0.0283. The van der Waals surface area contributed by atoms with Crippen LogP contribution in [-0.4, -0.2) is 25.2 Å². The number of hydrogen-bond acceptors (Lipinski definition) is 3. The van der Waals surface area contributed by atoms with Gasteiger partial charge in [0.05, 0.1) is 12.7 Å². The van der Waals surface area contributed by atoms with E-state index in [0.29, 0.717) is 12.5 Å². The fraction of sp³-hybridized carbons (Fsp3) is 0.562. The van der Waals surface area contributed by atoms with E-state index in [1.54, 1.807) is 0 Å². The molecule has 0 bridgehead atoms. The van der Waals surface area contributed by atoms with Crippen LogP contribution in [0.15, 0.2) is 30.3 Å². The van der Waals surface area contributed by atoms with E-state index in [1.165, 1.54) is 0 Å². The summed E-state index contributed by atoms with van der Waals surface area (Å²) in [4.78, 5) is 12.1. The van der Waals surface area contributed by atoms with Crippen LogP contribution in [0.4, 0.5) is 0 Å². The molecule has 112 valence electrons. The van der Waals surface area contributed by atoms with Crippen molar-refractivity contribution >= 4 is 5.91 Å². The zero-order chi connectivity index (χ0) is 15.2. The standard InChI is InChI=1S/C16H26N2O2/c1-5-18-16(15(17)19,11-20-13(4)12(2)3)14-9-7-6-8-10-14/h6-10,12-13,18H,5,11H2,1-4H3,(H2,17,19). The minimum atomic E-state index is -0.973. The molecule has 1 amide bonds. The number of rotatable bonds is 8. The maximum atomic E-state index is 12.1. The lowest BCUT2D eigenvalue weighted by Gasteiger charge is -2.33. The molecule has 0 fully saturated rings. The Kier molecular flexibility index (Phi) is 6.17. The van der Waals surface area contributed by atoms with Gasteiger partial charge in [-0.25, -0.2) is 0 Å². The molecular formula is C16H26N2O2. The van der Waals surface area contributed by atoms with Crippen LogP contribution in [0, 0.1) is 5.92 Å². The fourth-order valence-corrected chi connectivity index (χ4v) is 2.01. The van der Waals surface area contributed by atoms with Gasteiger partial charge in [-0.3, -0.25) is 10.1 Å². The number of hydrogen-bond donors (Lipinski definition) is 2. The Hall–Kier alpha value is -1.39. The first-order valence-electron chi connectivity index (χ1n) is 7.16. The highest BCUT2D eigenvalue weighted by atomic mass is 16.5. The first-order valence-corrected chi connectivity index (χ1v) is 7.16. The topological polar surface area (TPSA) is 64.3 Å². The van der Waals surface area contributed by atoms with Gasteiger partial charge in [0, 0.05) is 0 Å². The van der Waals surface area contributed by atoms with Crippen LogP contribution in [0.3, 0.4) is 0 Å². The number of carbonyl (C=O) groups excluding carboxylic acids is 1. The molecule has 3 N–H and O–H groups in total. The molecular weight excluding hydrogens is 252 g/mol. The highest BCUT2D eigenvalue weighted by Gasteiger charge is 2.38. The van der Waals surface area contributed by atoms with Crippen molar-refractivity contribution in [2.45, 2.75) is 39.3 Å². The number of nitrogens with one attached hydrogen (secondary N) is 1. The van der Waals surface area contributed by atoms with Crippen molar-refractivity contribution in [3.05, 3.63) is 35.9 Å². The Labute approximate surface area is 121 Å². The van der Waals surface area contributed by atoms with E-state index < -0.39 is 11.4 Å². The molecule has 4 nitrogen and oxygen atoms in total. The molecule has 1 aromatic carbocycles. The molecule has 0 radical (unpaired) electrons. The summed E-state index contributed by atoms with van der Waals surface area (Å²) < 4.78 is 5.87. The zero-order valence-electron chi connectivity index (χ0n) is 12.8. The smallest absolute Gasteiger partial charge is 0.244 e. The van der Waals surface area contributed by atoms with Crippen LogP contribution in [0.2, 0.25) is 0 Å². The number of benzene rings is 1. The van der Waals surface area contributed by atoms with Crippen LogP contribution < -0.4 is 11.1 Å². The van der Waals surface area contributed by atoms with Crippen molar-refractivity contribution in [2.24, 2.45) is 11.7 Å². The van der Waals surface area contributed by atoms with E-state index in [2.05, 4.69) is 19.2 Å². The van der Waals surface area contributed by atoms with Crippen molar-refractivity contribution in [1.29, 1.82) is 0 Å². The second-order valence-electron chi connectivity index (χ2n) is 5.43. The van der Waals surface area contributed by atoms with Crippen molar-refractivity contribution < 1.29 is 9.53 Å². The summed E-state index contributed by atoms with van der Waals surface area (Å²) in [6.07, 6.45) is 0.0658. The summed E-state index contributed by atoms with van der Waals surface area (Å²) in [6.45, 7) is 9.01. The minimum Gasteiger partial charge on any atom is -0.375 e. The van der Waals surface area contributed by atoms with E-state index in [-0.39, 0.29) is 12.7 Å². The molecule has 0 heterocycles. The van der Waals surface area contributed by atoms with E-state index in [9.17, 15) is 4.79 Å². The van der Waals surface area contributed by atoms with Crippen molar-refractivity contribution in [2.75, 3.05) is 13.2 Å². The molecule has 0 aromatic heterocycles. The first-order chi connectivity index (χ1) is 9.44. The summed E-state index contributed by atoms with van der Waals surface area (Å²) in [6, 6.07) is 9.51. The lowest BCUT2D eigenvalue weighted by Crippen LogP contribution is -2.56. The van der Waals surface area contributed by atoms with Gasteiger partial charge in [-0.05, 0) is 24.9 Å². The van der Waals surface area contributed by atoms with Crippen LogP contribution in [0.5, 0.6) is 0 Å². The summed E-state index contributed by atoms with van der Waals surface area (Å²) in [7, 11) is 0. The Morgan fingerprint density at radius 3 is 2.35 bits per heavy atom. The van der Waals surface area contributed by atoms with E-state index in [1.807, 2.05) is 44.2 Å². The lowest BCUT2D eigenvalue weighted by molar-refractivity contribution is -0.129. The van der Waals surface area contributed by atoms with Gasteiger partial charge >= 0.3 is 0 Å². The monoisotopic (exact) mass is 278 g/mol. The average molecular weight is 278 g/mol. The SMILES string of the molecule is CCNC(COC(C)C(C)C)(C(N)=O)c1ccccc1. The molecule has 1 aromatic rings. The highest BCUT2D eigenvalue weighted by Crippen LogP contribution is 2.23. The number of ether oxygens (including phenoxy) is 1. The summed E-state index contributed by atoms with van der Waals surface area (Å²) in [5, 5.41) is 3.21. The van der Waals surface area contributed by atoms with Gasteiger partial charge in [-0.15, -0.1) is 0 Å². The van der Waals surface area contributed by atoms with Gasteiger partial charge in [0.15, 0.2) is 0 Å². The lowest BCUT2D eigenvalue weighted by atomic mass is 9.89. The number of amides is 1. The van der Waals surface area contributed by atoms with Crippen molar-refractivity contribution in [1.82, 2.24) is 5.32 Å². The van der Waals surface area contributed by atoms with Crippen LogP contribution in [-0.2, 0) is 15.1 Å². The Balaban J connectivity index is 3.03. The largest absolute Gasteiger partial charge is 0.375 e.